The largest absolute Gasteiger partial charge is 0.337 e. The fourth-order valence-corrected chi connectivity index (χ4v) is 2.99. The van der Waals surface area contributed by atoms with Crippen molar-refractivity contribution in [2.45, 2.75) is 18.9 Å². The zero-order valence-corrected chi connectivity index (χ0v) is 13.2. The summed E-state index contributed by atoms with van der Waals surface area (Å²) in [5.41, 5.74) is 15.7. The van der Waals surface area contributed by atoms with Gasteiger partial charge in [-0.3, -0.25) is 4.79 Å². The summed E-state index contributed by atoms with van der Waals surface area (Å²) >= 11 is 0. The number of hydrogen-bond acceptors (Lipinski definition) is 3. The van der Waals surface area contributed by atoms with Crippen molar-refractivity contribution in [3.05, 3.63) is 59.7 Å². The lowest BCUT2D eigenvalue weighted by Gasteiger charge is -2.16. The number of carbonyl (C=O) groups is 1. The minimum absolute atomic E-state index is 0.0720. The smallest absolute Gasteiger partial charge is 0.253 e. The molecule has 0 radical (unpaired) electrons. The number of nitrogens with two attached hydrogens (primary N) is 2. The molecular formula is C19H23N3O. The molecule has 23 heavy (non-hydrogen) atoms. The lowest BCUT2D eigenvalue weighted by molar-refractivity contribution is 0.0791. The maximum atomic E-state index is 12.4. The molecule has 0 spiro atoms. The molecule has 0 aromatic heterocycles. The Kier molecular flexibility index (Phi) is 4.74. The van der Waals surface area contributed by atoms with Crippen LogP contribution in [0.25, 0.3) is 11.1 Å². The Morgan fingerprint density at radius 2 is 1.65 bits per heavy atom. The number of amides is 1. The van der Waals surface area contributed by atoms with E-state index in [1.165, 1.54) is 5.56 Å². The van der Waals surface area contributed by atoms with Crippen LogP contribution in [0, 0.1) is 0 Å². The highest BCUT2D eigenvalue weighted by molar-refractivity contribution is 5.95. The highest BCUT2D eigenvalue weighted by atomic mass is 16.2. The first kappa shape index (κ1) is 15.7. The van der Waals surface area contributed by atoms with Gasteiger partial charge in [0.1, 0.15) is 0 Å². The standard InChI is InChI=1S/C19H23N3O/c20-11-9-14-1-3-15(4-2-14)16-5-7-17(8-6-16)19(23)22-12-10-18(21)13-22/h1-8,18H,9-13,20-21H2/t18-/m0/s1. The second kappa shape index (κ2) is 6.94. The Morgan fingerprint density at radius 1 is 1.04 bits per heavy atom. The maximum Gasteiger partial charge on any atom is 0.253 e. The molecule has 2 aromatic rings. The first-order chi connectivity index (χ1) is 11.2. The van der Waals surface area contributed by atoms with Gasteiger partial charge in [-0.2, -0.15) is 0 Å². The van der Waals surface area contributed by atoms with E-state index in [1.807, 2.05) is 29.2 Å². The van der Waals surface area contributed by atoms with Crippen molar-refractivity contribution in [3.8, 4) is 11.1 Å². The van der Waals surface area contributed by atoms with E-state index in [2.05, 4.69) is 24.3 Å². The summed E-state index contributed by atoms with van der Waals surface area (Å²) in [5, 5.41) is 0. The van der Waals surface area contributed by atoms with Crippen LogP contribution >= 0.6 is 0 Å². The Morgan fingerprint density at radius 3 is 2.17 bits per heavy atom. The van der Waals surface area contributed by atoms with Crippen molar-refractivity contribution in [1.82, 2.24) is 4.90 Å². The third-order valence-corrected chi connectivity index (χ3v) is 4.36. The molecule has 1 atom stereocenters. The molecule has 0 aliphatic carbocycles. The zero-order chi connectivity index (χ0) is 16.2. The molecule has 4 N–H and O–H groups in total. The summed E-state index contributed by atoms with van der Waals surface area (Å²) in [6, 6.07) is 16.3. The predicted octanol–water partition coefficient (Wildman–Crippen LogP) is 2.03. The van der Waals surface area contributed by atoms with Crippen LogP contribution in [-0.4, -0.2) is 36.5 Å². The first-order valence-corrected chi connectivity index (χ1v) is 8.11. The molecule has 0 bridgehead atoms. The van der Waals surface area contributed by atoms with E-state index in [1.54, 1.807) is 0 Å². The van der Waals surface area contributed by atoms with Crippen molar-refractivity contribution in [2.75, 3.05) is 19.6 Å². The van der Waals surface area contributed by atoms with Gasteiger partial charge in [-0.05, 0) is 48.2 Å². The number of rotatable bonds is 4. The van der Waals surface area contributed by atoms with E-state index in [0.29, 0.717) is 13.1 Å². The molecular weight excluding hydrogens is 286 g/mol. The quantitative estimate of drug-likeness (QED) is 0.907. The van der Waals surface area contributed by atoms with Crippen LogP contribution < -0.4 is 11.5 Å². The van der Waals surface area contributed by atoms with Gasteiger partial charge < -0.3 is 16.4 Å². The lowest BCUT2D eigenvalue weighted by Crippen LogP contribution is -2.31. The molecule has 4 heteroatoms. The molecule has 1 amide bonds. The number of nitrogens with zero attached hydrogens (tertiary/aromatic N) is 1. The van der Waals surface area contributed by atoms with Crippen molar-refractivity contribution in [1.29, 1.82) is 0 Å². The molecule has 3 rings (SSSR count). The van der Waals surface area contributed by atoms with Crippen LogP contribution in [-0.2, 0) is 6.42 Å². The average Bonchev–Trinajstić information content (AvgIpc) is 3.02. The van der Waals surface area contributed by atoms with Crippen LogP contribution in [0.5, 0.6) is 0 Å². The minimum Gasteiger partial charge on any atom is -0.337 e. The summed E-state index contributed by atoms with van der Waals surface area (Å²) in [7, 11) is 0. The van der Waals surface area contributed by atoms with Gasteiger partial charge in [0.05, 0.1) is 0 Å². The first-order valence-electron chi connectivity index (χ1n) is 8.11. The molecule has 1 aliphatic heterocycles. The van der Waals surface area contributed by atoms with Crippen LogP contribution in [0.4, 0.5) is 0 Å². The molecule has 2 aromatic carbocycles. The Balaban J connectivity index is 1.72. The van der Waals surface area contributed by atoms with Crippen molar-refractivity contribution < 1.29 is 4.79 Å². The summed E-state index contributed by atoms with van der Waals surface area (Å²) < 4.78 is 0. The summed E-state index contributed by atoms with van der Waals surface area (Å²) in [6.07, 6.45) is 1.78. The third-order valence-electron chi connectivity index (χ3n) is 4.36. The molecule has 1 heterocycles. The minimum atomic E-state index is 0.0720. The molecule has 120 valence electrons. The molecule has 4 nitrogen and oxygen atoms in total. The average molecular weight is 309 g/mol. The van der Waals surface area contributed by atoms with E-state index in [4.69, 9.17) is 11.5 Å². The van der Waals surface area contributed by atoms with E-state index in [-0.39, 0.29) is 11.9 Å². The second-order valence-corrected chi connectivity index (χ2v) is 6.11. The molecule has 1 aliphatic rings. The van der Waals surface area contributed by atoms with Gasteiger partial charge >= 0.3 is 0 Å². The fourth-order valence-electron chi connectivity index (χ4n) is 2.99. The van der Waals surface area contributed by atoms with Gasteiger partial charge in [0, 0.05) is 24.7 Å². The normalized spacial score (nSPS) is 17.5. The number of hydrogen-bond donors (Lipinski definition) is 2. The Hall–Kier alpha value is -2.17. The fraction of sp³-hybridized carbons (Fsp3) is 0.316. The van der Waals surface area contributed by atoms with Crippen LogP contribution in [0.2, 0.25) is 0 Å². The molecule has 1 fully saturated rings. The van der Waals surface area contributed by atoms with Crippen molar-refractivity contribution in [3.63, 3.8) is 0 Å². The monoisotopic (exact) mass is 309 g/mol. The van der Waals surface area contributed by atoms with Gasteiger partial charge in [-0.25, -0.2) is 0 Å². The number of benzene rings is 2. The van der Waals surface area contributed by atoms with E-state index >= 15 is 0 Å². The number of likely N-dealkylation sites (tertiary alicyclic amines) is 1. The van der Waals surface area contributed by atoms with E-state index in [0.717, 1.165) is 36.1 Å². The predicted molar refractivity (Wildman–Crippen MR) is 93.1 cm³/mol. The molecule has 0 unspecified atom stereocenters. The van der Waals surface area contributed by atoms with Gasteiger partial charge in [0.25, 0.3) is 5.91 Å². The van der Waals surface area contributed by atoms with Crippen LogP contribution in [0.1, 0.15) is 22.3 Å². The van der Waals surface area contributed by atoms with Gasteiger partial charge in [0.2, 0.25) is 0 Å². The lowest BCUT2D eigenvalue weighted by atomic mass is 10.0. The van der Waals surface area contributed by atoms with Crippen molar-refractivity contribution >= 4 is 5.91 Å². The summed E-state index contributed by atoms with van der Waals surface area (Å²) in [6.45, 7) is 2.07. The van der Waals surface area contributed by atoms with Gasteiger partial charge in [-0.15, -0.1) is 0 Å². The highest BCUT2D eigenvalue weighted by Gasteiger charge is 2.24. The zero-order valence-electron chi connectivity index (χ0n) is 13.2. The van der Waals surface area contributed by atoms with Gasteiger partial charge in [0.15, 0.2) is 0 Å². The Bertz CT molecular complexity index is 664. The van der Waals surface area contributed by atoms with Crippen LogP contribution in [0.3, 0.4) is 0 Å². The van der Waals surface area contributed by atoms with Crippen molar-refractivity contribution in [2.24, 2.45) is 11.5 Å². The third kappa shape index (κ3) is 3.60. The maximum absolute atomic E-state index is 12.4. The van der Waals surface area contributed by atoms with Gasteiger partial charge in [-0.1, -0.05) is 36.4 Å². The van der Waals surface area contributed by atoms with Crippen LogP contribution in [0.15, 0.2) is 48.5 Å². The Labute approximate surface area is 137 Å². The molecule has 0 saturated carbocycles. The van der Waals surface area contributed by atoms with E-state index < -0.39 is 0 Å². The summed E-state index contributed by atoms with van der Waals surface area (Å²) in [5.74, 6) is 0.0720. The SMILES string of the molecule is NCCc1ccc(-c2ccc(C(=O)N3CC[C@H](N)C3)cc2)cc1. The molecule has 1 saturated heterocycles. The topological polar surface area (TPSA) is 72.4 Å². The van der Waals surface area contributed by atoms with E-state index in [9.17, 15) is 4.79 Å². The highest BCUT2D eigenvalue weighted by Crippen LogP contribution is 2.21. The second-order valence-electron chi connectivity index (χ2n) is 6.11. The summed E-state index contributed by atoms with van der Waals surface area (Å²) in [4.78, 5) is 14.3. The number of carbonyl (C=O) groups excluding carboxylic acids is 1.